The zero-order valence-corrected chi connectivity index (χ0v) is 10.6. The third-order valence-corrected chi connectivity index (χ3v) is 2.68. The van der Waals surface area contributed by atoms with Crippen molar-refractivity contribution in [1.82, 2.24) is 9.78 Å². The van der Waals surface area contributed by atoms with E-state index in [1.807, 2.05) is 13.0 Å². The molecule has 0 fully saturated rings. The van der Waals surface area contributed by atoms with E-state index in [2.05, 4.69) is 10.4 Å². The van der Waals surface area contributed by atoms with Gasteiger partial charge in [-0.1, -0.05) is 17.7 Å². The molecule has 2 rings (SSSR count). The van der Waals surface area contributed by atoms with E-state index in [0.717, 1.165) is 5.56 Å². The number of hydrogen-bond donors (Lipinski definition) is 2. The number of nitrogens with one attached hydrogen (secondary N) is 1. The number of benzene rings is 1. The number of aromatic nitrogens is 2. The van der Waals surface area contributed by atoms with Crippen LogP contribution in [0.3, 0.4) is 0 Å². The van der Waals surface area contributed by atoms with Crippen LogP contribution in [0.2, 0.25) is 5.02 Å². The van der Waals surface area contributed by atoms with Crippen molar-refractivity contribution in [2.45, 2.75) is 13.5 Å². The fraction of sp³-hybridized carbons (Fsp3) is 0.167. The summed E-state index contributed by atoms with van der Waals surface area (Å²) in [6.45, 7) is 2.01. The van der Waals surface area contributed by atoms with Crippen molar-refractivity contribution in [2.24, 2.45) is 0 Å². The third-order valence-electron chi connectivity index (χ3n) is 2.44. The quantitative estimate of drug-likeness (QED) is 0.891. The summed E-state index contributed by atoms with van der Waals surface area (Å²) in [4.78, 5) is 11.8. The lowest BCUT2D eigenvalue weighted by Crippen LogP contribution is -2.19. The first-order valence-corrected chi connectivity index (χ1v) is 5.77. The van der Waals surface area contributed by atoms with Crippen molar-refractivity contribution in [3.63, 3.8) is 0 Å². The van der Waals surface area contributed by atoms with Crippen molar-refractivity contribution < 1.29 is 4.79 Å². The van der Waals surface area contributed by atoms with E-state index >= 15 is 0 Å². The highest BCUT2D eigenvalue weighted by Gasteiger charge is 2.07. The molecule has 1 amide bonds. The second-order valence-corrected chi connectivity index (χ2v) is 4.38. The van der Waals surface area contributed by atoms with Gasteiger partial charge in [-0.3, -0.25) is 9.48 Å². The number of nitrogens with two attached hydrogens (primary N) is 1. The van der Waals surface area contributed by atoms with Gasteiger partial charge in [0.2, 0.25) is 5.91 Å². The van der Waals surface area contributed by atoms with Gasteiger partial charge in [0.1, 0.15) is 12.4 Å². The number of carbonyl (C=O) groups excluding carboxylic acids is 1. The van der Waals surface area contributed by atoms with Gasteiger partial charge in [-0.25, -0.2) is 0 Å². The molecule has 0 radical (unpaired) electrons. The maximum atomic E-state index is 11.8. The summed E-state index contributed by atoms with van der Waals surface area (Å²) in [5, 5.41) is 7.31. The van der Waals surface area contributed by atoms with Gasteiger partial charge >= 0.3 is 0 Å². The summed E-state index contributed by atoms with van der Waals surface area (Å²) < 4.78 is 1.48. The normalized spacial score (nSPS) is 10.3. The van der Waals surface area contributed by atoms with Gasteiger partial charge in [0, 0.05) is 16.9 Å². The van der Waals surface area contributed by atoms with Crippen LogP contribution in [0.5, 0.6) is 0 Å². The first-order valence-electron chi connectivity index (χ1n) is 5.39. The lowest BCUT2D eigenvalue weighted by atomic mass is 10.2. The summed E-state index contributed by atoms with van der Waals surface area (Å²) in [6, 6.07) is 6.98. The Morgan fingerprint density at radius 1 is 1.50 bits per heavy atom. The summed E-state index contributed by atoms with van der Waals surface area (Å²) in [6.07, 6.45) is 1.65. The van der Waals surface area contributed by atoms with Crippen molar-refractivity contribution >= 4 is 29.0 Å². The first-order chi connectivity index (χ1) is 8.54. The van der Waals surface area contributed by atoms with Gasteiger partial charge in [-0.05, 0) is 30.7 Å². The van der Waals surface area contributed by atoms with Gasteiger partial charge in [-0.15, -0.1) is 0 Å². The predicted octanol–water partition coefficient (Wildman–Crippen LogP) is 2.07. The molecule has 0 aliphatic carbocycles. The maximum absolute atomic E-state index is 11.8. The van der Waals surface area contributed by atoms with Crippen LogP contribution in [-0.4, -0.2) is 15.7 Å². The smallest absolute Gasteiger partial charge is 0.246 e. The van der Waals surface area contributed by atoms with E-state index in [1.54, 1.807) is 24.4 Å². The van der Waals surface area contributed by atoms with Crippen molar-refractivity contribution in [1.29, 1.82) is 0 Å². The van der Waals surface area contributed by atoms with Crippen molar-refractivity contribution in [2.75, 3.05) is 11.1 Å². The lowest BCUT2D eigenvalue weighted by molar-refractivity contribution is -0.116. The first kappa shape index (κ1) is 12.4. The lowest BCUT2D eigenvalue weighted by Gasteiger charge is -2.08. The van der Waals surface area contributed by atoms with Crippen LogP contribution in [-0.2, 0) is 11.3 Å². The third kappa shape index (κ3) is 3.01. The molecule has 0 aliphatic heterocycles. The average molecular weight is 265 g/mol. The molecule has 1 aromatic carbocycles. The molecule has 0 atom stereocenters. The second-order valence-electron chi connectivity index (χ2n) is 3.95. The van der Waals surface area contributed by atoms with Gasteiger partial charge in [0.25, 0.3) is 0 Å². The number of nitrogen functional groups attached to an aromatic ring is 1. The molecule has 94 valence electrons. The topological polar surface area (TPSA) is 72.9 Å². The summed E-state index contributed by atoms with van der Waals surface area (Å²) in [5.74, 6) is 0.213. The molecular formula is C12H13ClN4O. The molecule has 0 bridgehead atoms. The molecule has 5 nitrogen and oxygen atoms in total. The molecule has 0 unspecified atom stereocenters. The maximum Gasteiger partial charge on any atom is 0.246 e. The van der Waals surface area contributed by atoms with Crippen LogP contribution in [0, 0.1) is 6.92 Å². The predicted molar refractivity (Wildman–Crippen MR) is 71.5 cm³/mol. The molecule has 2 aromatic rings. The Kier molecular flexibility index (Phi) is 3.53. The Balaban J connectivity index is 2.05. The van der Waals surface area contributed by atoms with Gasteiger partial charge < -0.3 is 11.1 Å². The molecule has 0 saturated heterocycles. The zero-order valence-electron chi connectivity index (χ0n) is 9.85. The minimum Gasteiger partial charge on any atom is -0.382 e. The number of anilines is 2. The number of halogens is 1. The molecule has 3 N–H and O–H groups in total. The average Bonchev–Trinajstić information content (AvgIpc) is 2.69. The van der Waals surface area contributed by atoms with Crippen molar-refractivity contribution in [3.8, 4) is 0 Å². The van der Waals surface area contributed by atoms with Gasteiger partial charge in [0.15, 0.2) is 0 Å². The Morgan fingerprint density at radius 3 is 2.94 bits per heavy atom. The largest absolute Gasteiger partial charge is 0.382 e. The zero-order chi connectivity index (χ0) is 13.1. The molecule has 1 aromatic heterocycles. The number of hydrogen-bond acceptors (Lipinski definition) is 3. The standard InChI is InChI=1S/C12H13ClN4O/c1-8-2-3-9(13)6-10(8)15-12(18)7-17-5-4-11(14)16-17/h2-6H,7H2,1H3,(H2,14,16)(H,15,18). The van der Waals surface area contributed by atoms with Gasteiger partial charge in [-0.2, -0.15) is 5.10 Å². The molecular weight excluding hydrogens is 252 g/mol. The van der Waals surface area contributed by atoms with Crippen LogP contribution >= 0.6 is 11.6 Å². The van der Waals surface area contributed by atoms with Crippen molar-refractivity contribution in [3.05, 3.63) is 41.0 Å². The Morgan fingerprint density at radius 2 is 2.28 bits per heavy atom. The minimum absolute atomic E-state index is 0.114. The highest BCUT2D eigenvalue weighted by atomic mass is 35.5. The highest BCUT2D eigenvalue weighted by molar-refractivity contribution is 6.31. The Bertz CT molecular complexity index is 579. The van der Waals surface area contributed by atoms with Crippen LogP contribution in [0.1, 0.15) is 5.56 Å². The van der Waals surface area contributed by atoms with Crippen LogP contribution < -0.4 is 11.1 Å². The number of rotatable bonds is 3. The van der Waals surface area contributed by atoms with E-state index in [-0.39, 0.29) is 12.5 Å². The Labute approximate surface area is 110 Å². The van der Waals surface area contributed by atoms with E-state index < -0.39 is 0 Å². The van der Waals surface area contributed by atoms with Gasteiger partial charge in [0.05, 0.1) is 0 Å². The second kappa shape index (κ2) is 5.10. The van der Waals surface area contributed by atoms with Crippen LogP contribution in [0.4, 0.5) is 11.5 Å². The summed E-state index contributed by atoms with van der Waals surface area (Å²) in [7, 11) is 0. The van der Waals surface area contributed by atoms with Crippen LogP contribution in [0.15, 0.2) is 30.5 Å². The minimum atomic E-state index is -0.177. The number of aryl methyl sites for hydroxylation is 1. The SMILES string of the molecule is Cc1ccc(Cl)cc1NC(=O)Cn1ccc(N)n1. The van der Waals surface area contributed by atoms with E-state index in [0.29, 0.717) is 16.5 Å². The highest BCUT2D eigenvalue weighted by Crippen LogP contribution is 2.20. The van der Waals surface area contributed by atoms with E-state index in [9.17, 15) is 4.79 Å². The van der Waals surface area contributed by atoms with Crippen LogP contribution in [0.25, 0.3) is 0 Å². The molecule has 0 aliphatic rings. The molecule has 0 spiro atoms. The molecule has 1 heterocycles. The summed E-state index contributed by atoms with van der Waals surface area (Å²) >= 11 is 5.88. The van der Waals surface area contributed by atoms with E-state index in [1.165, 1.54) is 4.68 Å². The number of nitrogens with zero attached hydrogens (tertiary/aromatic N) is 2. The Hall–Kier alpha value is -2.01. The monoisotopic (exact) mass is 264 g/mol. The fourth-order valence-electron chi connectivity index (χ4n) is 1.53. The van der Waals surface area contributed by atoms with E-state index in [4.69, 9.17) is 17.3 Å². The molecule has 6 heteroatoms. The molecule has 0 saturated carbocycles. The summed E-state index contributed by atoms with van der Waals surface area (Å²) in [5.41, 5.74) is 7.12. The number of amides is 1. The number of carbonyl (C=O) groups is 1. The molecule has 18 heavy (non-hydrogen) atoms. The fourth-order valence-corrected chi connectivity index (χ4v) is 1.70.